The molecule has 0 radical (unpaired) electrons. The maximum Gasteiger partial charge on any atom is 0.277 e. The van der Waals surface area contributed by atoms with E-state index in [1.807, 2.05) is 0 Å². The van der Waals surface area contributed by atoms with Crippen LogP contribution in [0.2, 0.25) is 0 Å². The summed E-state index contributed by atoms with van der Waals surface area (Å²) in [4.78, 5) is 0. The molecule has 6 heteroatoms. The minimum Gasteiger partial charge on any atom is -0.508 e. The van der Waals surface area contributed by atoms with Gasteiger partial charge >= 0.3 is 0 Å². The topological polar surface area (TPSA) is 78.4 Å². The summed E-state index contributed by atoms with van der Waals surface area (Å²) in [6.07, 6.45) is 0. The Kier molecular flexibility index (Phi) is 4.13. The third-order valence-corrected chi connectivity index (χ3v) is 3.25. The number of aromatic hydroxyl groups is 1. The molecule has 0 aliphatic carbocycles. The van der Waals surface area contributed by atoms with E-state index in [1.54, 1.807) is 32.9 Å². The fourth-order valence-electron chi connectivity index (χ4n) is 1.23. The van der Waals surface area contributed by atoms with E-state index in [4.69, 9.17) is 5.11 Å². The molecule has 0 aromatic heterocycles. The SMILES string of the molecule is CC(C)(C)NS(=O)(=O)NCc1ccc(O)cc1. The third kappa shape index (κ3) is 5.67. The number of phenols is 1. The van der Waals surface area contributed by atoms with E-state index in [1.165, 1.54) is 12.1 Å². The Labute approximate surface area is 102 Å². The first-order valence-corrected chi connectivity index (χ1v) is 6.73. The Bertz CT molecular complexity index is 460. The van der Waals surface area contributed by atoms with Gasteiger partial charge in [-0.25, -0.2) is 0 Å². The monoisotopic (exact) mass is 258 g/mol. The number of hydrogen-bond acceptors (Lipinski definition) is 3. The van der Waals surface area contributed by atoms with Crippen molar-refractivity contribution in [2.75, 3.05) is 0 Å². The molecule has 3 N–H and O–H groups in total. The van der Waals surface area contributed by atoms with Crippen LogP contribution in [-0.4, -0.2) is 19.1 Å². The normalized spacial score (nSPS) is 12.6. The van der Waals surface area contributed by atoms with Gasteiger partial charge in [0.2, 0.25) is 0 Å². The molecule has 0 aliphatic heterocycles. The number of hydrogen-bond donors (Lipinski definition) is 3. The molecule has 1 aromatic carbocycles. The minimum atomic E-state index is -3.51. The van der Waals surface area contributed by atoms with Gasteiger partial charge < -0.3 is 5.11 Å². The van der Waals surface area contributed by atoms with Crippen LogP contribution in [0, 0.1) is 0 Å². The van der Waals surface area contributed by atoms with Crippen LogP contribution >= 0.6 is 0 Å². The smallest absolute Gasteiger partial charge is 0.277 e. The lowest BCUT2D eigenvalue weighted by Crippen LogP contribution is -2.46. The standard InChI is InChI=1S/C11H18N2O3S/c1-11(2,3)13-17(15,16)12-8-9-4-6-10(14)7-5-9/h4-7,12-14H,8H2,1-3H3. The predicted octanol–water partition coefficient (Wildman–Crippen LogP) is 1.11. The van der Waals surface area contributed by atoms with E-state index in [0.29, 0.717) is 0 Å². The molecule has 0 saturated carbocycles. The maximum absolute atomic E-state index is 11.6. The summed E-state index contributed by atoms with van der Waals surface area (Å²) in [7, 11) is -3.51. The zero-order valence-electron chi connectivity index (χ0n) is 10.2. The van der Waals surface area contributed by atoms with Gasteiger partial charge in [-0.3, -0.25) is 0 Å². The first kappa shape index (κ1) is 14.0. The van der Waals surface area contributed by atoms with Crippen molar-refractivity contribution >= 4 is 10.2 Å². The summed E-state index contributed by atoms with van der Waals surface area (Å²) >= 11 is 0. The summed E-state index contributed by atoms with van der Waals surface area (Å²) in [6, 6.07) is 6.35. The van der Waals surface area contributed by atoms with Crippen LogP contribution in [0.15, 0.2) is 24.3 Å². The van der Waals surface area contributed by atoms with Crippen molar-refractivity contribution in [1.29, 1.82) is 0 Å². The summed E-state index contributed by atoms with van der Waals surface area (Å²) in [5.74, 6) is 0.157. The molecule has 0 amide bonds. The van der Waals surface area contributed by atoms with Crippen molar-refractivity contribution in [3.8, 4) is 5.75 Å². The van der Waals surface area contributed by atoms with E-state index in [2.05, 4.69) is 9.44 Å². The first-order chi connectivity index (χ1) is 7.68. The van der Waals surface area contributed by atoms with Gasteiger partial charge in [0.1, 0.15) is 5.75 Å². The highest BCUT2D eigenvalue weighted by molar-refractivity contribution is 7.87. The van der Waals surface area contributed by atoms with E-state index < -0.39 is 15.7 Å². The van der Waals surface area contributed by atoms with Gasteiger partial charge in [-0.15, -0.1) is 0 Å². The third-order valence-electron chi connectivity index (χ3n) is 1.84. The number of benzene rings is 1. The molecule has 1 aromatic rings. The van der Waals surface area contributed by atoms with Gasteiger partial charge in [0, 0.05) is 12.1 Å². The van der Waals surface area contributed by atoms with Crippen LogP contribution in [0.4, 0.5) is 0 Å². The summed E-state index contributed by atoms with van der Waals surface area (Å²) < 4.78 is 28.1. The Balaban J connectivity index is 2.59. The molecule has 1 rings (SSSR count). The molecule has 0 atom stereocenters. The van der Waals surface area contributed by atoms with Crippen molar-refractivity contribution < 1.29 is 13.5 Å². The molecular weight excluding hydrogens is 240 g/mol. The number of nitrogens with one attached hydrogen (secondary N) is 2. The number of phenolic OH excluding ortho intramolecular Hbond substituents is 1. The molecule has 0 aliphatic rings. The largest absolute Gasteiger partial charge is 0.508 e. The van der Waals surface area contributed by atoms with Crippen molar-refractivity contribution in [2.45, 2.75) is 32.9 Å². The van der Waals surface area contributed by atoms with Gasteiger partial charge in [-0.2, -0.15) is 17.9 Å². The lowest BCUT2D eigenvalue weighted by atomic mass is 10.1. The van der Waals surface area contributed by atoms with Crippen molar-refractivity contribution in [3.63, 3.8) is 0 Å². The molecule has 0 fully saturated rings. The average molecular weight is 258 g/mol. The highest BCUT2D eigenvalue weighted by atomic mass is 32.2. The van der Waals surface area contributed by atoms with Gasteiger partial charge in [0.15, 0.2) is 0 Å². The Morgan fingerprint density at radius 2 is 1.71 bits per heavy atom. The molecule has 0 heterocycles. The zero-order valence-corrected chi connectivity index (χ0v) is 11.0. The van der Waals surface area contributed by atoms with Crippen molar-refractivity contribution in [1.82, 2.24) is 9.44 Å². The summed E-state index contributed by atoms with van der Waals surface area (Å²) in [6.45, 7) is 5.50. The number of rotatable bonds is 4. The van der Waals surface area contributed by atoms with E-state index in [-0.39, 0.29) is 12.3 Å². The molecule has 0 spiro atoms. The summed E-state index contributed by atoms with van der Waals surface area (Å²) in [5, 5.41) is 9.09. The highest BCUT2D eigenvalue weighted by Crippen LogP contribution is 2.09. The van der Waals surface area contributed by atoms with Crippen LogP contribution in [0.5, 0.6) is 5.75 Å². The molecule has 0 unspecified atom stereocenters. The van der Waals surface area contributed by atoms with E-state index >= 15 is 0 Å². The zero-order chi connectivity index (χ0) is 13.1. The second-order valence-corrected chi connectivity index (χ2v) is 6.34. The molecular formula is C11H18N2O3S. The molecule has 0 bridgehead atoms. The maximum atomic E-state index is 11.6. The van der Waals surface area contributed by atoms with Crippen LogP contribution in [0.25, 0.3) is 0 Å². The van der Waals surface area contributed by atoms with E-state index in [9.17, 15) is 8.42 Å². The van der Waals surface area contributed by atoms with E-state index in [0.717, 1.165) is 5.56 Å². The Hall–Kier alpha value is -1.11. The Morgan fingerprint density at radius 3 is 2.18 bits per heavy atom. The van der Waals surface area contributed by atoms with Gasteiger partial charge in [0.25, 0.3) is 10.2 Å². The molecule has 5 nitrogen and oxygen atoms in total. The minimum absolute atomic E-state index is 0.157. The molecule has 0 saturated heterocycles. The highest BCUT2D eigenvalue weighted by Gasteiger charge is 2.18. The predicted molar refractivity (Wildman–Crippen MR) is 66.8 cm³/mol. The van der Waals surface area contributed by atoms with Crippen molar-refractivity contribution in [3.05, 3.63) is 29.8 Å². The van der Waals surface area contributed by atoms with Crippen LogP contribution in [-0.2, 0) is 16.8 Å². The second kappa shape index (κ2) is 5.03. The van der Waals surface area contributed by atoms with Crippen LogP contribution < -0.4 is 9.44 Å². The van der Waals surface area contributed by atoms with Gasteiger partial charge in [-0.1, -0.05) is 12.1 Å². The fraction of sp³-hybridized carbons (Fsp3) is 0.455. The lowest BCUT2D eigenvalue weighted by Gasteiger charge is -2.20. The quantitative estimate of drug-likeness (QED) is 0.757. The summed E-state index contributed by atoms with van der Waals surface area (Å²) in [5.41, 5.74) is 0.267. The fourth-order valence-corrected chi connectivity index (χ4v) is 2.47. The average Bonchev–Trinajstić information content (AvgIpc) is 2.13. The molecule has 17 heavy (non-hydrogen) atoms. The van der Waals surface area contributed by atoms with Crippen LogP contribution in [0.3, 0.4) is 0 Å². The lowest BCUT2D eigenvalue weighted by molar-refractivity contribution is 0.475. The Morgan fingerprint density at radius 1 is 1.18 bits per heavy atom. The first-order valence-electron chi connectivity index (χ1n) is 5.24. The van der Waals surface area contributed by atoms with Crippen LogP contribution in [0.1, 0.15) is 26.3 Å². The van der Waals surface area contributed by atoms with Gasteiger partial charge in [0.05, 0.1) is 0 Å². The second-order valence-electron chi connectivity index (χ2n) is 4.84. The van der Waals surface area contributed by atoms with Crippen molar-refractivity contribution in [2.24, 2.45) is 0 Å². The van der Waals surface area contributed by atoms with Gasteiger partial charge in [-0.05, 0) is 38.5 Å². The molecule has 96 valence electrons.